The zero-order valence-corrected chi connectivity index (χ0v) is 10.2. The van der Waals surface area contributed by atoms with Crippen LogP contribution in [0.2, 0.25) is 0 Å². The molecule has 0 aliphatic carbocycles. The van der Waals surface area contributed by atoms with Crippen molar-refractivity contribution in [3.05, 3.63) is 28.8 Å². The fourth-order valence-corrected chi connectivity index (χ4v) is 1.45. The molecule has 0 bridgehead atoms. The molecule has 0 atom stereocenters. The fourth-order valence-electron chi connectivity index (χ4n) is 1.45. The molecular formula is C13H15NO3. The van der Waals surface area contributed by atoms with E-state index in [2.05, 4.69) is 0 Å². The van der Waals surface area contributed by atoms with Crippen molar-refractivity contribution >= 4 is 5.97 Å². The first-order valence-corrected chi connectivity index (χ1v) is 5.48. The molecule has 0 spiro atoms. The zero-order valence-electron chi connectivity index (χ0n) is 10.2. The summed E-state index contributed by atoms with van der Waals surface area (Å²) in [5.74, 6) is -0.00472. The summed E-state index contributed by atoms with van der Waals surface area (Å²) in [5.41, 5.74) is 1.54. The summed E-state index contributed by atoms with van der Waals surface area (Å²) >= 11 is 0. The Hall–Kier alpha value is -2.02. The number of ether oxygens (including phenoxy) is 2. The number of carbonyl (C=O) groups is 1. The number of nitrogens with zero attached hydrogens (tertiary/aromatic N) is 1. The van der Waals surface area contributed by atoms with Gasteiger partial charge in [-0.2, -0.15) is 5.26 Å². The maximum Gasteiger partial charge on any atom is 0.341 e. The molecule has 0 saturated heterocycles. The minimum Gasteiger partial charge on any atom is -0.493 e. The summed E-state index contributed by atoms with van der Waals surface area (Å²) in [4.78, 5) is 11.7. The van der Waals surface area contributed by atoms with Gasteiger partial charge in [-0.3, -0.25) is 0 Å². The number of esters is 1. The van der Waals surface area contributed by atoms with Gasteiger partial charge in [0.25, 0.3) is 0 Å². The molecule has 90 valence electrons. The number of hydrogen-bond acceptors (Lipinski definition) is 4. The van der Waals surface area contributed by atoms with Crippen LogP contribution >= 0.6 is 0 Å². The van der Waals surface area contributed by atoms with Gasteiger partial charge in [-0.1, -0.05) is 0 Å². The van der Waals surface area contributed by atoms with Crippen LogP contribution in [-0.4, -0.2) is 19.2 Å². The molecular weight excluding hydrogens is 218 g/mol. The van der Waals surface area contributed by atoms with E-state index in [1.807, 2.05) is 13.0 Å². The molecule has 1 rings (SSSR count). The lowest BCUT2D eigenvalue weighted by Gasteiger charge is -2.11. The topological polar surface area (TPSA) is 59.3 Å². The number of carbonyl (C=O) groups excluding carboxylic acids is 1. The Balaban J connectivity index is 3.24. The highest BCUT2D eigenvalue weighted by atomic mass is 16.5. The molecule has 0 saturated carbocycles. The van der Waals surface area contributed by atoms with Crippen LogP contribution in [0.3, 0.4) is 0 Å². The summed E-state index contributed by atoms with van der Waals surface area (Å²) in [6, 6.07) is 5.24. The van der Waals surface area contributed by atoms with E-state index in [9.17, 15) is 4.79 Å². The molecule has 0 aliphatic heterocycles. The van der Waals surface area contributed by atoms with Gasteiger partial charge in [-0.15, -0.1) is 0 Å². The Labute approximate surface area is 101 Å². The average Bonchev–Trinajstić information content (AvgIpc) is 2.30. The van der Waals surface area contributed by atoms with E-state index >= 15 is 0 Å². The highest BCUT2D eigenvalue weighted by Gasteiger charge is 2.16. The van der Waals surface area contributed by atoms with E-state index in [0.29, 0.717) is 30.1 Å². The van der Waals surface area contributed by atoms with Crippen molar-refractivity contribution in [2.75, 3.05) is 13.2 Å². The van der Waals surface area contributed by atoms with Crippen molar-refractivity contribution in [1.82, 2.24) is 0 Å². The molecule has 0 aromatic heterocycles. The monoisotopic (exact) mass is 233 g/mol. The van der Waals surface area contributed by atoms with Crippen molar-refractivity contribution in [3.8, 4) is 11.8 Å². The summed E-state index contributed by atoms with van der Waals surface area (Å²) in [6.07, 6.45) is 0. The second-order valence-electron chi connectivity index (χ2n) is 3.43. The van der Waals surface area contributed by atoms with Crippen LogP contribution in [0.25, 0.3) is 0 Å². The minimum atomic E-state index is -0.465. The first-order chi connectivity index (χ1) is 8.13. The standard InChI is InChI=1S/C13H15NO3/c1-4-16-12-6-9(3)10(8-14)7-11(12)13(15)17-5-2/h6-7H,4-5H2,1-3H3. The molecule has 0 aliphatic rings. The zero-order chi connectivity index (χ0) is 12.8. The van der Waals surface area contributed by atoms with Gasteiger partial charge in [0.15, 0.2) is 0 Å². The Morgan fingerprint density at radius 3 is 2.59 bits per heavy atom. The quantitative estimate of drug-likeness (QED) is 0.749. The molecule has 0 unspecified atom stereocenters. The van der Waals surface area contributed by atoms with Crippen molar-refractivity contribution in [2.45, 2.75) is 20.8 Å². The van der Waals surface area contributed by atoms with Gasteiger partial charge >= 0.3 is 5.97 Å². The summed E-state index contributed by atoms with van der Waals surface area (Å²) in [6.45, 7) is 6.12. The van der Waals surface area contributed by atoms with Crippen LogP contribution in [0, 0.1) is 18.3 Å². The normalized spacial score (nSPS) is 9.53. The molecule has 1 aromatic carbocycles. The van der Waals surface area contributed by atoms with E-state index < -0.39 is 5.97 Å². The summed E-state index contributed by atoms with van der Waals surface area (Å²) in [5, 5.41) is 8.93. The predicted octanol–water partition coefficient (Wildman–Crippen LogP) is 2.44. The van der Waals surface area contributed by atoms with Crippen molar-refractivity contribution in [1.29, 1.82) is 5.26 Å². The lowest BCUT2D eigenvalue weighted by atomic mass is 10.0. The molecule has 0 fully saturated rings. The summed E-state index contributed by atoms with van der Waals surface area (Å²) in [7, 11) is 0. The third-order valence-electron chi connectivity index (χ3n) is 2.24. The molecule has 0 heterocycles. The van der Waals surface area contributed by atoms with Gasteiger partial charge < -0.3 is 9.47 Å². The number of rotatable bonds is 4. The molecule has 0 amide bonds. The number of aryl methyl sites for hydroxylation is 1. The Morgan fingerprint density at radius 2 is 2.06 bits per heavy atom. The first kappa shape index (κ1) is 13.0. The van der Waals surface area contributed by atoms with E-state index in [1.54, 1.807) is 19.9 Å². The van der Waals surface area contributed by atoms with Crippen LogP contribution in [-0.2, 0) is 4.74 Å². The Kier molecular flexibility index (Phi) is 4.53. The largest absolute Gasteiger partial charge is 0.493 e. The van der Waals surface area contributed by atoms with Crippen LogP contribution in [0.5, 0.6) is 5.75 Å². The molecule has 17 heavy (non-hydrogen) atoms. The predicted molar refractivity (Wildman–Crippen MR) is 63.0 cm³/mol. The van der Waals surface area contributed by atoms with Gasteiger partial charge in [0, 0.05) is 0 Å². The molecule has 4 heteroatoms. The maximum absolute atomic E-state index is 11.7. The minimum absolute atomic E-state index is 0.292. The SMILES string of the molecule is CCOC(=O)c1cc(C#N)c(C)cc1OCC. The van der Waals surface area contributed by atoms with Gasteiger partial charge in [0.1, 0.15) is 11.3 Å². The van der Waals surface area contributed by atoms with Crippen LogP contribution in [0.15, 0.2) is 12.1 Å². The lowest BCUT2D eigenvalue weighted by molar-refractivity contribution is 0.0522. The van der Waals surface area contributed by atoms with Gasteiger partial charge in [-0.25, -0.2) is 4.79 Å². The third-order valence-corrected chi connectivity index (χ3v) is 2.24. The first-order valence-electron chi connectivity index (χ1n) is 5.48. The van der Waals surface area contributed by atoms with Crippen molar-refractivity contribution in [2.24, 2.45) is 0 Å². The van der Waals surface area contributed by atoms with E-state index in [-0.39, 0.29) is 0 Å². The second kappa shape index (κ2) is 5.90. The summed E-state index contributed by atoms with van der Waals surface area (Å²) < 4.78 is 10.3. The number of hydrogen-bond donors (Lipinski definition) is 0. The van der Waals surface area contributed by atoms with E-state index in [4.69, 9.17) is 14.7 Å². The maximum atomic E-state index is 11.7. The van der Waals surface area contributed by atoms with Gasteiger partial charge in [-0.05, 0) is 38.5 Å². The molecule has 0 N–H and O–H groups in total. The van der Waals surface area contributed by atoms with E-state index in [1.165, 1.54) is 6.07 Å². The van der Waals surface area contributed by atoms with Crippen LogP contribution in [0.1, 0.15) is 35.3 Å². The van der Waals surface area contributed by atoms with Gasteiger partial charge in [0.05, 0.1) is 24.8 Å². The van der Waals surface area contributed by atoms with Gasteiger partial charge in [0.2, 0.25) is 0 Å². The van der Waals surface area contributed by atoms with E-state index in [0.717, 1.165) is 5.56 Å². The fraction of sp³-hybridized carbons (Fsp3) is 0.385. The lowest BCUT2D eigenvalue weighted by Crippen LogP contribution is -2.09. The van der Waals surface area contributed by atoms with Crippen LogP contribution in [0.4, 0.5) is 0 Å². The Bertz CT molecular complexity index is 460. The van der Waals surface area contributed by atoms with Crippen molar-refractivity contribution in [3.63, 3.8) is 0 Å². The molecule has 4 nitrogen and oxygen atoms in total. The third kappa shape index (κ3) is 2.97. The highest BCUT2D eigenvalue weighted by molar-refractivity contribution is 5.93. The number of nitriles is 1. The second-order valence-corrected chi connectivity index (χ2v) is 3.43. The number of benzene rings is 1. The molecule has 1 aromatic rings. The molecule has 0 radical (unpaired) electrons. The Morgan fingerprint density at radius 1 is 1.35 bits per heavy atom. The smallest absolute Gasteiger partial charge is 0.341 e. The van der Waals surface area contributed by atoms with Crippen molar-refractivity contribution < 1.29 is 14.3 Å². The average molecular weight is 233 g/mol. The highest BCUT2D eigenvalue weighted by Crippen LogP contribution is 2.24. The van der Waals surface area contributed by atoms with Crippen LogP contribution < -0.4 is 4.74 Å².